The topological polar surface area (TPSA) is 65.8 Å². The van der Waals surface area contributed by atoms with Crippen molar-refractivity contribution in [2.24, 2.45) is 0 Å². The lowest BCUT2D eigenvalue weighted by atomic mass is 9.88. The number of aromatic hydroxyl groups is 1. The molecule has 202 valence electrons. The van der Waals surface area contributed by atoms with Crippen molar-refractivity contribution < 1.29 is 50.1 Å². The van der Waals surface area contributed by atoms with Crippen LogP contribution in [0, 0.1) is 11.6 Å². The van der Waals surface area contributed by atoms with Gasteiger partial charge in [0.25, 0.3) is 5.60 Å². The van der Waals surface area contributed by atoms with E-state index in [1.54, 1.807) is 6.07 Å². The van der Waals surface area contributed by atoms with Crippen molar-refractivity contribution in [2.45, 2.75) is 36.5 Å². The highest BCUT2D eigenvalue weighted by atomic mass is 19.4. The molecule has 2 aliphatic heterocycles. The minimum absolute atomic E-state index is 0.150. The van der Waals surface area contributed by atoms with Crippen LogP contribution in [0.15, 0.2) is 48.5 Å². The third-order valence-corrected chi connectivity index (χ3v) is 6.69. The van der Waals surface area contributed by atoms with E-state index in [9.17, 15) is 45.3 Å². The minimum Gasteiger partial charge on any atom is -0.493 e. The van der Waals surface area contributed by atoms with Crippen molar-refractivity contribution in [1.82, 2.24) is 9.88 Å². The fraction of sp³-hybridized carbons (Fsp3) is 0.320. The molecule has 1 aromatic heterocycles. The highest BCUT2D eigenvalue weighted by Crippen LogP contribution is 2.50. The number of fused-ring (bicyclic) bond motifs is 1. The third-order valence-electron chi connectivity index (χ3n) is 6.69. The van der Waals surface area contributed by atoms with Gasteiger partial charge in [-0.15, -0.1) is 0 Å². The summed E-state index contributed by atoms with van der Waals surface area (Å²) in [7, 11) is 0. The van der Waals surface area contributed by atoms with E-state index >= 15 is 0 Å². The predicted octanol–water partition coefficient (Wildman–Crippen LogP) is 5.23. The van der Waals surface area contributed by atoms with Crippen LogP contribution in [0.2, 0.25) is 0 Å². The standard InChI is InChI=1S/C25H18F8N2O3/c26-17-7-13(10-35-11-22(12-35)9-15-3-6-19(36)34-21(15)38-22)8-18(27)20(17)14-1-4-16(5-2-14)23(37,24(28,29)30)25(31,32)33/h1-8,37H,9-12H2,(H,34,36). The molecule has 0 atom stereocenters. The molecule has 0 saturated carbocycles. The molecule has 0 unspecified atom stereocenters. The van der Waals surface area contributed by atoms with E-state index in [4.69, 9.17) is 4.74 Å². The zero-order chi connectivity index (χ0) is 27.7. The Balaban J connectivity index is 1.31. The molecule has 0 aliphatic carbocycles. The quantitative estimate of drug-likeness (QED) is 0.439. The van der Waals surface area contributed by atoms with Gasteiger partial charge in [0.05, 0.1) is 5.56 Å². The molecule has 13 heteroatoms. The maximum absolute atomic E-state index is 14.9. The molecule has 2 aromatic carbocycles. The highest BCUT2D eigenvalue weighted by Gasteiger charge is 2.71. The van der Waals surface area contributed by atoms with Crippen molar-refractivity contribution in [3.05, 3.63) is 76.9 Å². The van der Waals surface area contributed by atoms with Gasteiger partial charge in [-0.2, -0.15) is 31.3 Å². The Morgan fingerprint density at radius 2 is 1.47 bits per heavy atom. The van der Waals surface area contributed by atoms with Crippen LogP contribution in [-0.4, -0.2) is 51.1 Å². The van der Waals surface area contributed by atoms with Gasteiger partial charge in [-0.25, -0.2) is 8.78 Å². The zero-order valence-electron chi connectivity index (χ0n) is 19.2. The molecular weight excluding hydrogens is 528 g/mol. The summed E-state index contributed by atoms with van der Waals surface area (Å²) in [5, 5.41) is 19.0. The van der Waals surface area contributed by atoms with E-state index in [1.807, 2.05) is 4.90 Å². The molecule has 38 heavy (non-hydrogen) atoms. The van der Waals surface area contributed by atoms with Gasteiger partial charge in [0.15, 0.2) is 0 Å². The average Bonchev–Trinajstić information content (AvgIpc) is 3.15. The summed E-state index contributed by atoms with van der Waals surface area (Å²) in [5.41, 5.74) is -7.09. The maximum atomic E-state index is 14.9. The Morgan fingerprint density at radius 1 is 0.895 bits per heavy atom. The molecule has 1 saturated heterocycles. The van der Waals surface area contributed by atoms with Gasteiger partial charge in [-0.05, 0) is 29.3 Å². The lowest BCUT2D eigenvalue weighted by molar-refractivity contribution is -0.376. The van der Waals surface area contributed by atoms with E-state index in [-0.39, 0.29) is 23.6 Å². The van der Waals surface area contributed by atoms with Crippen LogP contribution in [-0.2, 0) is 18.6 Å². The van der Waals surface area contributed by atoms with Crippen LogP contribution in [0.4, 0.5) is 35.1 Å². The molecule has 2 N–H and O–H groups in total. The summed E-state index contributed by atoms with van der Waals surface area (Å²) in [5.74, 6) is -1.96. The molecular formula is C25H18F8N2O3. The van der Waals surface area contributed by atoms with Gasteiger partial charge in [-0.3, -0.25) is 4.90 Å². The maximum Gasteiger partial charge on any atom is 0.430 e. The van der Waals surface area contributed by atoms with E-state index in [2.05, 4.69) is 4.98 Å². The first-order valence-electron chi connectivity index (χ1n) is 11.2. The lowest BCUT2D eigenvalue weighted by Crippen LogP contribution is -2.63. The predicted molar refractivity (Wildman–Crippen MR) is 116 cm³/mol. The SMILES string of the molecule is Oc1ccc2c(n1)OC1(C2)CN(Cc2cc(F)c(-c3ccc(C(O)(C(F)(F)F)C(F)(F)F)cc3)c(F)c2)C1. The van der Waals surface area contributed by atoms with E-state index in [0.717, 1.165) is 17.7 Å². The van der Waals surface area contributed by atoms with Gasteiger partial charge >= 0.3 is 12.4 Å². The summed E-state index contributed by atoms with van der Waals surface area (Å²) in [6, 6.07) is 7.24. The normalized spacial score (nSPS) is 17.3. The van der Waals surface area contributed by atoms with Crippen molar-refractivity contribution in [2.75, 3.05) is 13.1 Å². The van der Waals surface area contributed by atoms with Gasteiger partial charge in [0.2, 0.25) is 11.8 Å². The van der Waals surface area contributed by atoms with E-state index in [0.29, 0.717) is 49.7 Å². The second kappa shape index (κ2) is 8.53. The summed E-state index contributed by atoms with van der Waals surface area (Å²) in [6.45, 7) is 1.01. The average molecular weight is 546 g/mol. The molecule has 5 nitrogen and oxygen atoms in total. The Bertz CT molecular complexity index is 1350. The molecule has 1 spiro atoms. The Morgan fingerprint density at radius 3 is 2.03 bits per heavy atom. The Hall–Kier alpha value is -3.45. The smallest absolute Gasteiger partial charge is 0.430 e. The summed E-state index contributed by atoms with van der Waals surface area (Å²) in [6.07, 6.45) is -11.6. The number of aromatic nitrogens is 1. The Kier molecular flexibility index (Phi) is 5.87. The van der Waals surface area contributed by atoms with Crippen LogP contribution < -0.4 is 4.74 Å². The van der Waals surface area contributed by atoms with Gasteiger partial charge in [0.1, 0.15) is 17.2 Å². The second-order valence-corrected chi connectivity index (χ2v) is 9.46. The van der Waals surface area contributed by atoms with Gasteiger partial charge in [-0.1, -0.05) is 24.3 Å². The number of aliphatic hydroxyl groups is 1. The minimum atomic E-state index is -6.08. The molecule has 1 fully saturated rings. The number of ether oxygens (including phenoxy) is 1. The van der Waals surface area contributed by atoms with Crippen LogP contribution in [0.1, 0.15) is 16.7 Å². The third kappa shape index (κ3) is 4.23. The first-order valence-corrected chi connectivity index (χ1v) is 11.2. The van der Waals surface area contributed by atoms with Gasteiger partial charge < -0.3 is 14.9 Å². The summed E-state index contributed by atoms with van der Waals surface area (Å²) < 4.78 is 114. The van der Waals surface area contributed by atoms with Crippen LogP contribution in [0.5, 0.6) is 11.8 Å². The number of likely N-dealkylation sites (tertiary alicyclic amines) is 1. The second-order valence-electron chi connectivity index (χ2n) is 9.46. The van der Waals surface area contributed by atoms with E-state index in [1.165, 1.54) is 6.07 Å². The zero-order valence-corrected chi connectivity index (χ0v) is 19.2. The number of rotatable bonds is 4. The number of hydrogen-bond donors (Lipinski definition) is 2. The van der Waals surface area contributed by atoms with Gasteiger partial charge in [0, 0.05) is 43.2 Å². The number of pyridine rings is 1. The summed E-state index contributed by atoms with van der Waals surface area (Å²) in [4.78, 5) is 5.80. The molecule has 5 rings (SSSR count). The fourth-order valence-corrected chi connectivity index (χ4v) is 4.94. The Labute approximate surface area is 209 Å². The lowest BCUT2D eigenvalue weighted by Gasteiger charge is -2.46. The molecule has 0 bridgehead atoms. The van der Waals surface area contributed by atoms with Crippen molar-refractivity contribution in [3.63, 3.8) is 0 Å². The monoisotopic (exact) mass is 546 g/mol. The largest absolute Gasteiger partial charge is 0.493 e. The van der Waals surface area contributed by atoms with Crippen LogP contribution >= 0.6 is 0 Å². The van der Waals surface area contributed by atoms with Crippen molar-refractivity contribution in [3.8, 4) is 22.9 Å². The molecule has 3 heterocycles. The van der Waals surface area contributed by atoms with Crippen LogP contribution in [0.3, 0.4) is 0 Å². The van der Waals surface area contributed by atoms with Crippen LogP contribution in [0.25, 0.3) is 11.1 Å². The number of halogens is 8. The van der Waals surface area contributed by atoms with Crippen molar-refractivity contribution >= 4 is 0 Å². The van der Waals surface area contributed by atoms with Crippen molar-refractivity contribution in [1.29, 1.82) is 0 Å². The highest BCUT2D eigenvalue weighted by molar-refractivity contribution is 5.66. The molecule has 0 amide bonds. The first kappa shape index (κ1) is 26.2. The van der Waals surface area contributed by atoms with E-state index < -0.39 is 46.3 Å². The molecule has 3 aromatic rings. The first-order chi connectivity index (χ1) is 17.6. The molecule has 0 radical (unpaired) electrons. The summed E-state index contributed by atoms with van der Waals surface area (Å²) >= 11 is 0. The fourth-order valence-electron chi connectivity index (χ4n) is 4.94. The number of benzene rings is 2. The number of nitrogens with zero attached hydrogens (tertiary/aromatic N) is 2. The molecule has 2 aliphatic rings. The number of hydrogen-bond acceptors (Lipinski definition) is 5. The number of alkyl halides is 6.